The number of nitrogens with zero attached hydrogens (tertiary/aromatic N) is 1. The summed E-state index contributed by atoms with van der Waals surface area (Å²) in [5, 5.41) is 11.8. The Labute approximate surface area is 103 Å². The quantitative estimate of drug-likeness (QED) is 0.709. The van der Waals surface area contributed by atoms with E-state index in [9.17, 15) is 9.59 Å². The second kappa shape index (κ2) is 7.27. The van der Waals surface area contributed by atoms with Gasteiger partial charge in [-0.2, -0.15) is 0 Å². The molecule has 0 aromatic rings. The Hall–Kier alpha value is -1.10. The highest BCUT2D eigenvalue weighted by Crippen LogP contribution is 2.06. The number of likely N-dealkylation sites (N-methyl/N-ethyl adjacent to an activating group) is 1. The van der Waals surface area contributed by atoms with Crippen LogP contribution < -0.4 is 5.32 Å². The molecule has 2 atom stereocenters. The Bertz CT molecular complexity index is 264. The molecule has 0 aliphatic rings. The maximum atomic E-state index is 12.1. The van der Waals surface area contributed by atoms with Crippen LogP contribution in [0.2, 0.25) is 0 Å². The van der Waals surface area contributed by atoms with Gasteiger partial charge in [0.25, 0.3) is 0 Å². The number of amides is 2. The minimum atomic E-state index is -0.494. The van der Waals surface area contributed by atoms with Crippen LogP contribution in [0.5, 0.6) is 0 Å². The van der Waals surface area contributed by atoms with Crippen molar-refractivity contribution in [2.24, 2.45) is 5.92 Å². The number of carbonyl (C=O) groups excluding carboxylic acids is 2. The fourth-order valence-electron chi connectivity index (χ4n) is 1.46. The Morgan fingerprint density at radius 3 is 2.18 bits per heavy atom. The number of hydrogen-bond acceptors (Lipinski definition) is 3. The summed E-state index contributed by atoms with van der Waals surface area (Å²) in [6.07, 6.45) is 0.108. The van der Waals surface area contributed by atoms with E-state index < -0.39 is 12.1 Å². The Morgan fingerprint density at radius 2 is 1.82 bits per heavy atom. The zero-order valence-electron chi connectivity index (χ0n) is 11.4. The molecule has 0 bridgehead atoms. The maximum Gasteiger partial charge on any atom is 0.245 e. The van der Waals surface area contributed by atoms with E-state index in [2.05, 4.69) is 5.32 Å². The molecule has 0 aliphatic carbocycles. The van der Waals surface area contributed by atoms with E-state index in [1.54, 1.807) is 18.9 Å². The van der Waals surface area contributed by atoms with Crippen LogP contribution in [0.1, 0.15) is 34.1 Å². The number of aliphatic hydroxyl groups excluding tert-OH is 1. The fourth-order valence-corrected chi connectivity index (χ4v) is 1.46. The summed E-state index contributed by atoms with van der Waals surface area (Å²) in [5.41, 5.74) is 0. The van der Waals surface area contributed by atoms with E-state index in [1.165, 1.54) is 6.92 Å². The minimum Gasteiger partial charge on any atom is -0.393 e. The Kier molecular flexibility index (Phi) is 6.80. The van der Waals surface area contributed by atoms with Gasteiger partial charge in [-0.25, -0.2) is 0 Å². The summed E-state index contributed by atoms with van der Waals surface area (Å²) in [7, 11) is 1.68. The van der Waals surface area contributed by atoms with Crippen molar-refractivity contribution in [3.8, 4) is 0 Å². The largest absolute Gasteiger partial charge is 0.393 e. The third-order valence-corrected chi connectivity index (χ3v) is 2.55. The van der Waals surface area contributed by atoms with Gasteiger partial charge in [-0.1, -0.05) is 13.8 Å². The zero-order valence-corrected chi connectivity index (χ0v) is 11.4. The van der Waals surface area contributed by atoms with Gasteiger partial charge in [0, 0.05) is 20.5 Å². The van der Waals surface area contributed by atoms with E-state index in [-0.39, 0.29) is 17.7 Å². The van der Waals surface area contributed by atoms with Crippen LogP contribution in [0.15, 0.2) is 0 Å². The molecule has 0 aromatic heterocycles. The normalized spacial score (nSPS) is 14.3. The third-order valence-electron chi connectivity index (χ3n) is 2.55. The van der Waals surface area contributed by atoms with Crippen LogP contribution in [-0.2, 0) is 9.59 Å². The average Bonchev–Trinajstić information content (AvgIpc) is 2.20. The predicted molar refractivity (Wildman–Crippen MR) is 66.4 cm³/mol. The van der Waals surface area contributed by atoms with Gasteiger partial charge in [0.1, 0.15) is 6.04 Å². The zero-order chi connectivity index (χ0) is 13.6. The highest BCUT2D eigenvalue weighted by atomic mass is 16.3. The van der Waals surface area contributed by atoms with Crippen LogP contribution in [-0.4, -0.2) is 47.6 Å². The number of aliphatic hydroxyl groups is 1. The molecule has 0 rings (SSSR count). The lowest BCUT2D eigenvalue weighted by Gasteiger charge is -2.27. The standard InChI is InChI=1S/C12H24N2O3/c1-8(2)11(13-10(4)16)12(17)14(5)7-6-9(3)15/h8-9,11,15H,6-7H2,1-5H3,(H,13,16). The summed E-state index contributed by atoms with van der Waals surface area (Å²) in [4.78, 5) is 24.6. The van der Waals surface area contributed by atoms with Crippen LogP contribution in [0.3, 0.4) is 0 Å². The first kappa shape index (κ1) is 15.9. The molecule has 5 nitrogen and oxygen atoms in total. The number of hydrogen-bond donors (Lipinski definition) is 2. The van der Waals surface area contributed by atoms with Crippen molar-refractivity contribution >= 4 is 11.8 Å². The Balaban J connectivity index is 4.44. The van der Waals surface area contributed by atoms with Gasteiger partial charge in [0.15, 0.2) is 0 Å². The highest BCUT2D eigenvalue weighted by Gasteiger charge is 2.25. The second-order valence-electron chi connectivity index (χ2n) is 4.82. The van der Waals surface area contributed by atoms with E-state index in [1.807, 2.05) is 13.8 Å². The SMILES string of the molecule is CC(=O)NC(C(=O)N(C)CCC(C)O)C(C)C. The first-order valence-electron chi connectivity index (χ1n) is 5.95. The second-order valence-corrected chi connectivity index (χ2v) is 4.82. The number of rotatable bonds is 6. The van der Waals surface area contributed by atoms with Crippen LogP contribution >= 0.6 is 0 Å². The molecule has 5 heteroatoms. The molecule has 100 valence electrons. The molecule has 2 unspecified atom stereocenters. The molecular formula is C12H24N2O3. The Morgan fingerprint density at radius 1 is 1.29 bits per heavy atom. The summed E-state index contributed by atoms with van der Waals surface area (Å²) < 4.78 is 0. The van der Waals surface area contributed by atoms with Crippen molar-refractivity contribution in [2.75, 3.05) is 13.6 Å². The van der Waals surface area contributed by atoms with Crippen LogP contribution in [0, 0.1) is 5.92 Å². The molecule has 2 amide bonds. The van der Waals surface area contributed by atoms with Gasteiger partial charge in [0.2, 0.25) is 11.8 Å². The molecule has 0 spiro atoms. The van der Waals surface area contributed by atoms with E-state index >= 15 is 0 Å². The molecule has 17 heavy (non-hydrogen) atoms. The summed E-state index contributed by atoms with van der Waals surface area (Å²) >= 11 is 0. The summed E-state index contributed by atoms with van der Waals surface area (Å²) in [5.74, 6) is -0.280. The third kappa shape index (κ3) is 6.26. The van der Waals surface area contributed by atoms with E-state index in [0.29, 0.717) is 13.0 Å². The maximum absolute atomic E-state index is 12.1. The van der Waals surface area contributed by atoms with Crippen molar-refractivity contribution in [2.45, 2.75) is 46.3 Å². The molecule has 0 saturated carbocycles. The van der Waals surface area contributed by atoms with Crippen molar-refractivity contribution in [3.63, 3.8) is 0 Å². The highest BCUT2D eigenvalue weighted by molar-refractivity contribution is 5.86. The topological polar surface area (TPSA) is 69.6 Å². The molecule has 0 radical (unpaired) electrons. The summed E-state index contributed by atoms with van der Waals surface area (Å²) in [6.45, 7) is 7.35. The molecule has 0 aromatic carbocycles. The van der Waals surface area contributed by atoms with E-state index in [4.69, 9.17) is 5.11 Å². The van der Waals surface area contributed by atoms with Crippen LogP contribution in [0.25, 0.3) is 0 Å². The molecular weight excluding hydrogens is 220 g/mol. The first-order chi connectivity index (χ1) is 7.75. The van der Waals surface area contributed by atoms with Gasteiger partial charge in [-0.05, 0) is 19.3 Å². The molecule has 0 fully saturated rings. The number of nitrogens with one attached hydrogen (secondary N) is 1. The fraction of sp³-hybridized carbons (Fsp3) is 0.833. The van der Waals surface area contributed by atoms with Gasteiger partial charge < -0.3 is 15.3 Å². The summed E-state index contributed by atoms with van der Waals surface area (Å²) in [6, 6.07) is -0.494. The van der Waals surface area contributed by atoms with Gasteiger partial charge >= 0.3 is 0 Å². The van der Waals surface area contributed by atoms with E-state index in [0.717, 1.165) is 0 Å². The minimum absolute atomic E-state index is 0.0420. The average molecular weight is 244 g/mol. The molecule has 0 saturated heterocycles. The van der Waals surface area contributed by atoms with Crippen molar-refractivity contribution < 1.29 is 14.7 Å². The first-order valence-corrected chi connectivity index (χ1v) is 5.95. The monoisotopic (exact) mass is 244 g/mol. The molecule has 2 N–H and O–H groups in total. The molecule has 0 heterocycles. The lowest BCUT2D eigenvalue weighted by Crippen LogP contribution is -2.50. The lowest BCUT2D eigenvalue weighted by atomic mass is 10.0. The van der Waals surface area contributed by atoms with Crippen molar-refractivity contribution in [1.29, 1.82) is 0 Å². The van der Waals surface area contributed by atoms with Gasteiger partial charge in [-0.3, -0.25) is 9.59 Å². The predicted octanol–water partition coefficient (Wildman–Crippen LogP) is 0.376. The van der Waals surface area contributed by atoms with Gasteiger partial charge in [-0.15, -0.1) is 0 Å². The smallest absolute Gasteiger partial charge is 0.245 e. The van der Waals surface area contributed by atoms with Gasteiger partial charge in [0.05, 0.1) is 6.10 Å². The number of carbonyl (C=O) groups is 2. The van der Waals surface area contributed by atoms with Crippen LogP contribution in [0.4, 0.5) is 0 Å². The van der Waals surface area contributed by atoms with Crippen molar-refractivity contribution in [1.82, 2.24) is 10.2 Å². The lowest BCUT2D eigenvalue weighted by molar-refractivity contribution is -0.136. The van der Waals surface area contributed by atoms with Crippen molar-refractivity contribution in [3.05, 3.63) is 0 Å². The molecule has 0 aliphatic heterocycles.